The number of nitrogens with one attached hydrogen (secondary N) is 1. The standard InChI is InChI=1S/C14H20N2O3S/c1-10(2)16-19-7-8-20-12-5-3-11(4-6-12)9-13(15)14(17)18/h3-6,13,16H,1,7-9,15H2,2H3,(H,17,18). The first-order valence-corrected chi connectivity index (χ1v) is 7.21. The number of hydrogen-bond donors (Lipinski definition) is 3. The van der Waals surface area contributed by atoms with Crippen molar-refractivity contribution in [2.45, 2.75) is 24.3 Å². The van der Waals surface area contributed by atoms with E-state index in [1.807, 2.05) is 31.2 Å². The normalized spacial score (nSPS) is 11.9. The number of carboxylic acid groups (broad SMARTS) is 1. The number of hydroxylamine groups is 1. The minimum absolute atomic E-state index is 0.339. The Kier molecular flexibility index (Phi) is 7.14. The molecule has 5 nitrogen and oxygen atoms in total. The van der Waals surface area contributed by atoms with E-state index >= 15 is 0 Å². The fraction of sp³-hybridized carbons (Fsp3) is 0.357. The summed E-state index contributed by atoms with van der Waals surface area (Å²) < 4.78 is 0. The predicted octanol–water partition coefficient (Wildman–Crippen LogP) is 1.79. The van der Waals surface area contributed by atoms with Crippen LogP contribution in [0.3, 0.4) is 0 Å². The van der Waals surface area contributed by atoms with Crippen LogP contribution in [-0.4, -0.2) is 29.5 Å². The summed E-state index contributed by atoms with van der Waals surface area (Å²) in [6, 6.07) is 6.87. The Morgan fingerprint density at radius 1 is 1.50 bits per heavy atom. The van der Waals surface area contributed by atoms with Crippen LogP contribution in [0.4, 0.5) is 0 Å². The molecule has 0 saturated carbocycles. The van der Waals surface area contributed by atoms with Crippen LogP contribution in [0, 0.1) is 0 Å². The summed E-state index contributed by atoms with van der Waals surface area (Å²) in [5.74, 6) is -0.167. The molecule has 0 saturated heterocycles. The Morgan fingerprint density at radius 3 is 2.70 bits per heavy atom. The van der Waals surface area contributed by atoms with Crippen LogP contribution in [0.2, 0.25) is 0 Å². The van der Waals surface area contributed by atoms with Gasteiger partial charge in [-0.05, 0) is 31.0 Å². The summed E-state index contributed by atoms with van der Waals surface area (Å²) in [6.07, 6.45) is 0.339. The molecular weight excluding hydrogens is 276 g/mol. The number of carbonyl (C=O) groups is 1. The van der Waals surface area contributed by atoms with E-state index in [0.29, 0.717) is 13.0 Å². The van der Waals surface area contributed by atoms with E-state index in [1.54, 1.807) is 11.8 Å². The highest BCUT2D eigenvalue weighted by atomic mass is 32.2. The van der Waals surface area contributed by atoms with Crippen molar-refractivity contribution in [2.75, 3.05) is 12.4 Å². The molecule has 0 aliphatic carbocycles. The average molecular weight is 296 g/mol. The topological polar surface area (TPSA) is 84.6 Å². The number of nitrogens with two attached hydrogens (primary N) is 1. The molecule has 0 aromatic heterocycles. The first kappa shape index (κ1) is 16.6. The van der Waals surface area contributed by atoms with Crippen LogP contribution < -0.4 is 11.2 Å². The second-order valence-electron chi connectivity index (χ2n) is 4.37. The first-order valence-electron chi connectivity index (χ1n) is 6.22. The van der Waals surface area contributed by atoms with Crippen molar-refractivity contribution in [1.82, 2.24) is 5.48 Å². The number of rotatable bonds is 9. The molecule has 110 valence electrons. The van der Waals surface area contributed by atoms with Crippen LogP contribution in [0.15, 0.2) is 41.4 Å². The third-order valence-electron chi connectivity index (χ3n) is 2.40. The van der Waals surface area contributed by atoms with Crippen LogP contribution in [0.1, 0.15) is 12.5 Å². The molecule has 1 unspecified atom stereocenters. The zero-order valence-electron chi connectivity index (χ0n) is 11.5. The molecule has 1 atom stereocenters. The van der Waals surface area contributed by atoms with Gasteiger partial charge in [-0.25, -0.2) is 0 Å². The van der Waals surface area contributed by atoms with Crippen molar-refractivity contribution in [3.05, 3.63) is 42.1 Å². The lowest BCUT2D eigenvalue weighted by molar-refractivity contribution is -0.138. The fourth-order valence-corrected chi connectivity index (χ4v) is 2.17. The maximum absolute atomic E-state index is 10.7. The van der Waals surface area contributed by atoms with Crippen molar-refractivity contribution < 1.29 is 14.7 Å². The zero-order valence-corrected chi connectivity index (χ0v) is 12.3. The van der Waals surface area contributed by atoms with Crippen molar-refractivity contribution in [2.24, 2.45) is 5.73 Å². The smallest absolute Gasteiger partial charge is 0.320 e. The minimum atomic E-state index is -0.981. The second-order valence-corrected chi connectivity index (χ2v) is 5.54. The van der Waals surface area contributed by atoms with E-state index < -0.39 is 12.0 Å². The number of hydrogen-bond acceptors (Lipinski definition) is 5. The van der Waals surface area contributed by atoms with Crippen molar-refractivity contribution in [3.63, 3.8) is 0 Å². The molecular formula is C14H20N2O3S. The fourth-order valence-electron chi connectivity index (χ4n) is 1.44. The monoisotopic (exact) mass is 296 g/mol. The Labute approximate surface area is 123 Å². The summed E-state index contributed by atoms with van der Waals surface area (Å²) in [6.45, 7) is 6.06. The van der Waals surface area contributed by atoms with E-state index in [0.717, 1.165) is 21.9 Å². The quantitative estimate of drug-likeness (QED) is 0.366. The zero-order chi connectivity index (χ0) is 15.0. The third kappa shape index (κ3) is 6.60. The number of benzene rings is 1. The summed E-state index contributed by atoms with van der Waals surface area (Å²) in [5, 5.41) is 8.75. The average Bonchev–Trinajstić information content (AvgIpc) is 2.39. The van der Waals surface area contributed by atoms with Crippen LogP contribution in [0.25, 0.3) is 0 Å². The van der Waals surface area contributed by atoms with Gasteiger partial charge in [0.1, 0.15) is 6.04 Å². The molecule has 0 bridgehead atoms. The van der Waals surface area contributed by atoms with Gasteiger partial charge in [-0.3, -0.25) is 15.1 Å². The Balaban J connectivity index is 2.31. The highest BCUT2D eigenvalue weighted by Crippen LogP contribution is 2.18. The summed E-state index contributed by atoms with van der Waals surface area (Å²) >= 11 is 1.66. The molecule has 0 spiro atoms. The lowest BCUT2D eigenvalue weighted by Crippen LogP contribution is -2.32. The van der Waals surface area contributed by atoms with Gasteiger partial charge in [0.05, 0.1) is 6.61 Å². The Morgan fingerprint density at radius 2 is 2.15 bits per heavy atom. The van der Waals surface area contributed by atoms with Gasteiger partial charge < -0.3 is 10.8 Å². The highest BCUT2D eigenvalue weighted by Gasteiger charge is 2.11. The van der Waals surface area contributed by atoms with Crippen molar-refractivity contribution in [3.8, 4) is 0 Å². The maximum Gasteiger partial charge on any atom is 0.320 e. The van der Waals surface area contributed by atoms with Gasteiger partial charge in [-0.15, -0.1) is 11.8 Å². The van der Waals surface area contributed by atoms with Crippen LogP contribution in [0.5, 0.6) is 0 Å². The lowest BCUT2D eigenvalue weighted by Gasteiger charge is -2.08. The molecule has 0 aliphatic rings. The first-order chi connectivity index (χ1) is 9.49. The number of carboxylic acids is 1. The molecule has 4 N–H and O–H groups in total. The maximum atomic E-state index is 10.7. The molecule has 1 aromatic carbocycles. The number of allylic oxidation sites excluding steroid dienone is 1. The van der Waals surface area contributed by atoms with Gasteiger partial charge in [-0.1, -0.05) is 18.7 Å². The molecule has 0 fully saturated rings. The van der Waals surface area contributed by atoms with E-state index in [9.17, 15) is 4.79 Å². The molecule has 1 aromatic rings. The predicted molar refractivity (Wildman–Crippen MR) is 80.4 cm³/mol. The van der Waals surface area contributed by atoms with Crippen molar-refractivity contribution >= 4 is 17.7 Å². The Hall–Kier alpha value is -1.50. The molecule has 1 rings (SSSR count). The number of aliphatic carboxylic acids is 1. The SMILES string of the molecule is C=C(C)NOCCSc1ccc(CC(N)C(=O)O)cc1. The molecule has 0 aliphatic heterocycles. The van der Waals surface area contributed by atoms with Gasteiger partial charge >= 0.3 is 5.97 Å². The van der Waals surface area contributed by atoms with Crippen LogP contribution in [-0.2, 0) is 16.1 Å². The third-order valence-corrected chi connectivity index (χ3v) is 3.37. The Bertz CT molecular complexity index is 448. The number of thioether (sulfide) groups is 1. The van der Waals surface area contributed by atoms with Gasteiger partial charge in [-0.2, -0.15) is 0 Å². The second kappa shape index (κ2) is 8.63. The van der Waals surface area contributed by atoms with Gasteiger partial charge in [0, 0.05) is 16.3 Å². The lowest BCUT2D eigenvalue weighted by atomic mass is 10.1. The van der Waals surface area contributed by atoms with Crippen LogP contribution >= 0.6 is 11.8 Å². The van der Waals surface area contributed by atoms with Gasteiger partial charge in [0.2, 0.25) is 0 Å². The van der Waals surface area contributed by atoms with E-state index in [2.05, 4.69) is 12.1 Å². The van der Waals surface area contributed by atoms with E-state index in [1.165, 1.54) is 0 Å². The van der Waals surface area contributed by atoms with Gasteiger partial charge in [0.25, 0.3) is 0 Å². The van der Waals surface area contributed by atoms with Gasteiger partial charge in [0.15, 0.2) is 0 Å². The molecule has 0 radical (unpaired) electrons. The molecule has 20 heavy (non-hydrogen) atoms. The largest absolute Gasteiger partial charge is 0.480 e. The minimum Gasteiger partial charge on any atom is -0.480 e. The molecule has 0 amide bonds. The van der Waals surface area contributed by atoms with E-state index in [-0.39, 0.29) is 0 Å². The summed E-state index contributed by atoms with van der Waals surface area (Å²) in [4.78, 5) is 16.9. The summed E-state index contributed by atoms with van der Waals surface area (Å²) in [5.41, 5.74) is 9.88. The van der Waals surface area contributed by atoms with E-state index in [4.69, 9.17) is 15.7 Å². The molecule has 6 heteroatoms. The summed E-state index contributed by atoms with van der Waals surface area (Å²) in [7, 11) is 0. The molecule has 0 heterocycles. The van der Waals surface area contributed by atoms with Crippen molar-refractivity contribution in [1.29, 1.82) is 0 Å². The highest BCUT2D eigenvalue weighted by molar-refractivity contribution is 7.99.